The normalized spacial score (nSPS) is 26.2. The van der Waals surface area contributed by atoms with Crippen molar-refractivity contribution in [2.45, 2.75) is 40.5 Å². The Hall–Kier alpha value is -0.560. The molecule has 0 bridgehead atoms. The summed E-state index contributed by atoms with van der Waals surface area (Å²) in [6, 6.07) is 0. The van der Waals surface area contributed by atoms with Crippen LogP contribution in [0.2, 0.25) is 0 Å². The van der Waals surface area contributed by atoms with Crippen molar-refractivity contribution in [2.24, 2.45) is 17.3 Å². The fraction of sp³-hybridized carbons (Fsp3) is 0.714. The second kappa shape index (κ2) is 4.52. The minimum atomic E-state index is 0.256. The number of allylic oxidation sites excluding steroid dienone is 3. The van der Waals surface area contributed by atoms with Gasteiger partial charge in [0, 0.05) is 6.61 Å². The summed E-state index contributed by atoms with van der Waals surface area (Å²) in [7, 11) is 0. The van der Waals surface area contributed by atoms with Gasteiger partial charge in [0.2, 0.25) is 0 Å². The van der Waals surface area contributed by atoms with E-state index < -0.39 is 0 Å². The van der Waals surface area contributed by atoms with Crippen LogP contribution in [-0.4, -0.2) is 11.7 Å². The molecule has 0 aromatic heterocycles. The molecule has 1 nitrogen and oxygen atoms in total. The minimum absolute atomic E-state index is 0.256. The molecule has 1 N–H and O–H groups in total. The molecule has 1 aliphatic rings. The maximum absolute atomic E-state index is 9.05. The molecular formula is C14H24O. The molecule has 0 aromatic carbocycles. The monoisotopic (exact) mass is 208 g/mol. The summed E-state index contributed by atoms with van der Waals surface area (Å²) in [6.45, 7) is 13.4. The van der Waals surface area contributed by atoms with Gasteiger partial charge < -0.3 is 5.11 Å². The van der Waals surface area contributed by atoms with Crippen LogP contribution in [0, 0.1) is 17.3 Å². The lowest BCUT2D eigenvalue weighted by Gasteiger charge is -2.32. The number of aliphatic hydroxyl groups is 1. The highest BCUT2D eigenvalue weighted by Crippen LogP contribution is 2.47. The Bertz CT molecular complexity index is 273. The highest BCUT2D eigenvalue weighted by atomic mass is 16.3. The maximum Gasteiger partial charge on any atom is 0.0459 e. The Kier molecular flexibility index (Phi) is 3.77. The Balaban J connectivity index is 2.64. The minimum Gasteiger partial charge on any atom is -0.396 e. The first-order chi connectivity index (χ1) is 6.89. The lowest BCUT2D eigenvalue weighted by molar-refractivity contribution is 0.228. The molecule has 1 aliphatic carbocycles. The predicted octanol–water partition coefficient (Wildman–Crippen LogP) is 3.55. The lowest BCUT2D eigenvalue weighted by atomic mass is 9.73. The smallest absolute Gasteiger partial charge is 0.0459 e. The fourth-order valence-corrected chi connectivity index (χ4v) is 2.46. The van der Waals surface area contributed by atoms with Crippen LogP contribution in [0.3, 0.4) is 0 Å². The van der Waals surface area contributed by atoms with Gasteiger partial charge in [-0.3, -0.25) is 0 Å². The van der Waals surface area contributed by atoms with Crippen molar-refractivity contribution in [3.05, 3.63) is 23.8 Å². The van der Waals surface area contributed by atoms with Crippen LogP contribution >= 0.6 is 0 Å². The van der Waals surface area contributed by atoms with E-state index in [2.05, 4.69) is 40.3 Å². The summed E-state index contributed by atoms with van der Waals surface area (Å²) in [5.41, 5.74) is 3.03. The van der Waals surface area contributed by atoms with Gasteiger partial charge >= 0.3 is 0 Å². The van der Waals surface area contributed by atoms with Gasteiger partial charge in [-0.05, 0) is 37.0 Å². The highest BCUT2D eigenvalue weighted by molar-refractivity contribution is 5.25. The molecule has 0 saturated carbocycles. The molecule has 0 fully saturated rings. The quantitative estimate of drug-likeness (QED) is 0.700. The second-order valence-electron chi connectivity index (χ2n) is 5.55. The summed E-state index contributed by atoms with van der Waals surface area (Å²) >= 11 is 0. The standard InChI is InChI=1S/C14H24O/c1-10(9-15)8-11(2)13-7-6-12(3)14(13,4)5/h6,10,13,15H,2,7-9H2,1,3-5H3. The predicted molar refractivity (Wildman–Crippen MR) is 65.7 cm³/mol. The third kappa shape index (κ3) is 2.52. The molecule has 0 aliphatic heterocycles. The van der Waals surface area contributed by atoms with Crippen LogP contribution in [0.4, 0.5) is 0 Å². The molecule has 0 radical (unpaired) electrons. The van der Waals surface area contributed by atoms with Crippen LogP contribution in [0.25, 0.3) is 0 Å². The molecule has 0 saturated heterocycles. The molecule has 0 heterocycles. The zero-order valence-corrected chi connectivity index (χ0v) is 10.5. The van der Waals surface area contributed by atoms with Crippen molar-refractivity contribution in [2.75, 3.05) is 6.61 Å². The topological polar surface area (TPSA) is 20.2 Å². The Labute approximate surface area is 93.9 Å². The SMILES string of the molecule is C=C(CC(C)CO)C1CC=C(C)C1(C)C. The Morgan fingerprint density at radius 2 is 2.27 bits per heavy atom. The van der Waals surface area contributed by atoms with E-state index in [9.17, 15) is 0 Å². The zero-order valence-electron chi connectivity index (χ0n) is 10.5. The van der Waals surface area contributed by atoms with E-state index in [1.807, 2.05) is 0 Å². The van der Waals surface area contributed by atoms with E-state index in [0.29, 0.717) is 11.8 Å². The first-order valence-corrected chi connectivity index (χ1v) is 5.85. The molecule has 2 unspecified atom stereocenters. The van der Waals surface area contributed by atoms with Gasteiger partial charge in [0.05, 0.1) is 0 Å². The average molecular weight is 208 g/mol. The van der Waals surface area contributed by atoms with Crippen molar-refractivity contribution in [3.8, 4) is 0 Å². The molecule has 0 aromatic rings. The Morgan fingerprint density at radius 1 is 1.67 bits per heavy atom. The highest BCUT2D eigenvalue weighted by Gasteiger charge is 2.36. The first kappa shape index (κ1) is 12.5. The third-order valence-electron chi connectivity index (χ3n) is 3.96. The van der Waals surface area contributed by atoms with E-state index in [1.54, 1.807) is 0 Å². The van der Waals surface area contributed by atoms with Crippen molar-refractivity contribution in [1.29, 1.82) is 0 Å². The van der Waals surface area contributed by atoms with Gasteiger partial charge in [-0.15, -0.1) is 0 Å². The van der Waals surface area contributed by atoms with Crippen LogP contribution in [0.1, 0.15) is 40.5 Å². The fourth-order valence-electron chi connectivity index (χ4n) is 2.46. The molecule has 2 atom stereocenters. The van der Waals surface area contributed by atoms with Gasteiger partial charge in [0.1, 0.15) is 0 Å². The molecule has 86 valence electrons. The van der Waals surface area contributed by atoms with Gasteiger partial charge in [-0.25, -0.2) is 0 Å². The third-order valence-corrected chi connectivity index (χ3v) is 3.96. The van der Waals surface area contributed by atoms with Crippen molar-refractivity contribution < 1.29 is 5.11 Å². The van der Waals surface area contributed by atoms with Gasteiger partial charge in [-0.2, -0.15) is 0 Å². The van der Waals surface area contributed by atoms with Gasteiger partial charge in [0.15, 0.2) is 0 Å². The summed E-state index contributed by atoms with van der Waals surface area (Å²) in [6.07, 6.45) is 4.40. The van der Waals surface area contributed by atoms with E-state index in [0.717, 1.165) is 12.8 Å². The van der Waals surface area contributed by atoms with Gasteiger partial charge in [-0.1, -0.05) is 44.6 Å². The van der Waals surface area contributed by atoms with E-state index in [1.165, 1.54) is 11.1 Å². The molecule has 1 heteroatoms. The number of aliphatic hydroxyl groups excluding tert-OH is 1. The van der Waals surface area contributed by atoms with E-state index in [4.69, 9.17) is 5.11 Å². The summed E-state index contributed by atoms with van der Waals surface area (Å²) in [5.74, 6) is 0.903. The van der Waals surface area contributed by atoms with E-state index in [-0.39, 0.29) is 12.0 Å². The number of rotatable bonds is 4. The molecule has 15 heavy (non-hydrogen) atoms. The van der Waals surface area contributed by atoms with Crippen molar-refractivity contribution >= 4 is 0 Å². The molecule has 0 spiro atoms. The van der Waals surface area contributed by atoms with E-state index >= 15 is 0 Å². The van der Waals surface area contributed by atoms with Gasteiger partial charge in [0.25, 0.3) is 0 Å². The van der Waals surface area contributed by atoms with Crippen LogP contribution < -0.4 is 0 Å². The van der Waals surface area contributed by atoms with Crippen LogP contribution in [0.15, 0.2) is 23.8 Å². The Morgan fingerprint density at radius 3 is 2.67 bits per heavy atom. The maximum atomic E-state index is 9.05. The number of hydrogen-bond donors (Lipinski definition) is 1. The molecule has 1 rings (SSSR count). The zero-order chi connectivity index (χ0) is 11.6. The largest absolute Gasteiger partial charge is 0.396 e. The second-order valence-corrected chi connectivity index (χ2v) is 5.55. The van der Waals surface area contributed by atoms with Crippen molar-refractivity contribution in [1.82, 2.24) is 0 Å². The summed E-state index contributed by atoms with van der Waals surface area (Å²) in [4.78, 5) is 0. The number of hydrogen-bond acceptors (Lipinski definition) is 1. The molecular weight excluding hydrogens is 184 g/mol. The molecule has 0 amide bonds. The average Bonchev–Trinajstić information content (AvgIpc) is 2.41. The van der Waals surface area contributed by atoms with Crippen molar-refractivity contribution in [3.63, 3.8) is 0 Å². The van der Waals surface area contributed by atoms with Crippen LogP contribution in [-0.2, 0) is 0 Å². The lowest BCUT2D eigenvalue weighted by Crippen LogP contribution is -2.23. The summed E-state index contributed by atoms with van der Waals surface area (Å²) < 4.78 is 0. The van der Waals surface area contributed by atoms with Crippen LogP contribution in [0.5, 0.6) is 0 Å². The first-order valence-electron chi connectivity index (χ1n) is 5.85. The summed E-state index contributed by atoms with van der Waals surface area (Å²) in [5, 5.41) is 9.05.